The van der Waals surface area contributed by atoms with Crippen molar-refractivity contribution in [1.29, 1.82) is 0 Å². The average molecular weight is 467 g/mol. The summed E-state index contributed by atoms with van der Waals surface area (Å²) in [6.45, 7) is 12.5. The van der Waals surface area contributed by atoms with Crippen molar-refractivity contribution >= 4 is 0 Å². The molecule has 4 rings (SSSR count). The fraction of sp³-hybridized carbons (Fsp3) is 0.586. The minimum Gasteiger partial charge on any atom is -0.489 e. The third kappa shape index (κ3) is 5.83. The molecule has 5 heteroatoms. The Kier molecular flexibility index (Phi) is 7.39. The van der Waals surface area contributed by atoms with Gasteiger partial charge in [0.05, 0.1) is 12.2 Å². The van der Waals surface area contributed by atoms with Gasteiger partial charge in [-0.2, -0.15) is 0 Å². The summed E-state index contributed by atoms with van der Waals surface area (Å²) < 4.78 is 12.6. The Morgan fingerprint density at radius 1 is 1.12 bits per heavy atom. The van der Waals surface area contributed by atoms with Crippen LogP contribution in [0.15, 0.2) is 48.5 Å². The van der Waals surface area contributed by atoms with Crippen molar-refractivity contribution in [3.63, 3.8) is 0 Å². The molecule has 0 saturated carbocycles. The molecule has 2 heterocycles. The van der Waals surface area contributed by atoms with E-state index in [4.69, 9.17) is 9.47 Å². The zero-order valence-corrected chi connectivity index (χ0v) is 21.6. The zero-order chi connectivity index (χ0) is 24.4. The molecule has 2 atom stereocenters. The number of hydrogen-bond donors (Lipinski definition) is 2. The second-order valence-corrected chi connectivity index (χ2v) is 11.5. The summed E-state index contributed by atoms with van der Waals surface area (Å²) in [5, 5.41) is 14.0. The van der Waals surface area contributed by atoms with Crippen LogP contribution >= 0.6 is 0 Å². The number of hydrogen-bond acceptors (Lipinski definition) is 5. The average Bonchev–Trinajstić information content (AvgIpc) is 2.81. The number of aliphatic hydroxyl groups is 1. The maximum atomic E-state index is 10.6. The minimum absolute atomic E-state index is 0.0641. The highest BCUT2D eigenvalue weighted by Gasteiger charge is 2.47. The van der Waals surface area contributed by atoms with Gasteiger partial charge in [-0.25, -0.2) is 0 Å². The third-order valence-corrected chi connectivity index (χ3v) is 7.67. The second-order valence-electron chi connectivity index (χ2n) is 11.5. The lowest BCUT2D eigenvalue weighted by molar-refractivity contribution is -0.192. The van der Waals surface area contributed by atoms with Crippen LogP contribution in [-0.2, 0) is 23.3 Å². The van der Waals surface area contributed by atoms with Crippen LogP contribution in [0, 0.1) is 0 Å². The van der Waals surface area contributed by atoms with Crippen LogP contribution in [0.4, 0.5) is 0 Å². The van der Waals surface area contributed by atoms with Gasteiger partial charge in [-0.15, -0.1) is 0 Å². The first-order chi connectivity index (χ1) is 16.1. The molecule has 1 spiro atoms. The maximum Gasteiger partial charge on any atom is 0.124 e. The van der Waals surface area contributed by atoms with E-state index in [1.54, 1.807) is 0 Å². The number of nitrogens with one attached hydrogen (secondary N) is 1. The van der Waals surface area contributed by atoms with E-state index in [0.717, 1.165) is 44.6 Å². The highest BCUT2D eigenvalue weighted by molar-refractivity contribution is 5.40. The molecule has 2 aliphatic heterocycles. The molecule has 2 aromatic carbocycles. The van der Waals surface area contributed by atoms with Crippen LogP contribution in [-0.4, -0.2) is 54.0 Å². The summed E-state index contributed by atoms with van der Waals surface area (Å²) in [6.07, 6.45) is 2.83. The van der Waals surface area contributed by atoms with E-state index < -0.39 is 5.60 Å². The maximum absolute atomic E-state index is 10.6. The molecule has 0 radical (unpaired) electrons. The van der Waals surface area contributed by atoms with E-state index in [9.17, 15) is 5.11 Å². The topological polar surface area (TPSA) is 54.0 Å². The van der Waals surface area contributed by atoms with E-state index >= 15 is 0 Å². The fourth-order valence-electron chi connectivity index (χ4n) is 5.22. The van der Waals surface area contributed by atoms with Gasteiger partial charge >= 0.3 is 0 Å². The quantitative estimate of drug-likeness (QED) is 0.649. The van der Waals surface area contributed by atoms with Gasteiger partial charge in [-0.1, -0.05) is 63.2 Å². The minimum atomic E-state index is -0.810. The van der Waals surface area contributed by atoms with E-state index in [1.807, 2.05) is 20.0 Å². The molecule has 2 aliphatic rings. The Bertz CT molecular complexity index is 944. The first kappa shape index (κ1) is 25.2. The molecular weight excluding hydrogens is 424 g/mol. The first-order valence-corrected chi connectivity index (χ1v) is 12.7. The van der Waals surface area contributed by atoms with Crippen LogP contribution in [0.1, 0.15) is 63.6 Å². The lowest BCUT2D eigenvalue weighted by Crippen LogP contribution is -2.62. The van der Waals surface area contributed by atoms with E-state index in [2.05, 4.69) is 73.5 Å². The number of piperidine rings is 1. The number of rotatable bonds is 6. The summed E-state index contributed by atoms with van der Waals surface area (Å²) in [5.74, 6) is 0.970. The van der Waals surface area contributed by atoms with Crippen LogP contribution < -0.4 is 10.1 Å². The molecule has 5 nitrogen and oxygen atoms in total. The smallest absolute Gasteiger partial charge is 0.124 e. The lowest BCUT2D eigenvalue weighted by Gasteiger charge is -2.50. The highest BCUT2D eigenvalue weighted by atomic mass is 16.5. The van der Waals surface area contributed by atoms with Crippen molar-refractivity contribution in [3.05, 3.63) is 65.2 Å². The summed E-state index contributed by atoms with van der Waals surface area (Å²) in [5.41, 5.74) is 2.91. The van der Waals surface area contributed by atoms with Crippen molar-refractivity contribution in [1.82, 2.24) is 10.2 Å². The molecule has 0 amide bonds. The van der Waals surface area contributed by atoms with Gasteiger partial charge < -0.3 is 19.9 Å². The van der Waals surface area contributed by atoms with Crippen molar-refractivity contribution in [2.24, 2.45) is 0 Å². The fourth-order valence-corrected chi connectivity index (χ4v) is 5.22. The molecule has 2 aromatic rings. The van der Waals surface area contributed by atoms with Gasteiger partial charge in [0.2, 0.25) is 0 Å². The van der Waals surface area contributed by atoms with E-state index in [0.29, 0.717) is 13.2 Å². The molecular formula is C29H42N2O3. The van der Waals surface area contributed by atoms with Gasteiger partial charge in [-0.05, 0) is 55.8 Å². The van der Waals surface area contributed by atoms with Gasteiger partial charge in [-0.3, -0.25) is 4.90 Å². The Labute approximate surface area is 205 Å². The van der Waals surface area contributed by atoms with Crippen LogP contribution in [0.5, 0.6) is 5.75 Å². The largest absolute Gasteiger partial charge is 0.489 e. The number of ether oxygens (including phenoxy) is 2. The van der Waals surface area contributed by atoms with Gasteiger partial charge in [0.15, 0.2) is 0 Å². The number of benzene rings is 2. The van der Waals surface area contributed by atoms with Crippen molar-refractivity contribution < 1.29 is 14.6 Å². The number of likely N-dealkylation sites (tertiary alicyclic amines) is 1. The van der Waals surface area contributed by atoms with Crippen molar-refractivity contribution in [3.8, 4) is 5.75 Å². The molecule has 2 saturated heterocycles. The Balaban J connectivity index is 1.45. The van der Waals surface area contributed by atoms with Crippen molar-refractivity contribution in [2.45, 2.75) is 82.8 Å². The highest BCUT2D eigenvalue weighted by Crippen LogP contribution is 2.39. The van der Waals surface area contributed by atoms with Crippen LogP contribution in [0.25, 0.3) is 0 Å². The van der Waals surface area contributed by atoms with Crippen molar-refractivity contribution in [2.75, 3.05) is 26.7 Å². The lowest BCUT2D eigenvalue weighted by atomic mass is 9.77. The summed E-state index contributed by atoms with van der Waals surface area (Å²) in [6, 6.07) is 17.1. The van der Waals surface area contributed by atoms with E-state index in [1.165, 1.54) is 16.7 Å². The second kappa shape index (κ2) is 9.98. The van der Waals surface area contributed by atoms with Crippen LogP contribution in [0.2, 0.25) is 0 Å². The zero-order valence-electron chi connectivity index (χ0n) is 21.6. The molecule has 0 unspecified atom stereocenters. The Morgan fingerprint density at radius 3 is 2.47 bits per heavy atom. The number of nitrogens with zero attached hydrogens (tertiary/aromatic N) is 1. The SMILES string of the molecule is CN[C@H]1CC2(CCN(Cc3cc(C(C)(C)C)ccc3OCc3ccccc3)CC2)OC[C@]1(C)O. The molecule has 2 N–H and O–H groups in total. The normalized spacial score (nSPS) is 25.4. The molecule has 186 valence electrons. The molecule has 0 aliphatic carbocycles. The Morgan fingerprint density at radius 2 is 1.82 bits per heavy atom. The predicted molar refractivity (Wildman–Crippen MR) is 137 cm³/mol. The molecule has 0 bridgehead atoms. The van der Waals surface area contributed by atoms with E-state index in [-0.39, 0.29) is 17.1 Å². The summed E-state index contributed by atoms with van der Waals surface area (Å²) in [4.78, 5) is 2.52. The van der Waals surface area contributed by atoms with Gasteiger partial charge in [0, 0.05) is 31.2 Å². The molecule has 0 aromatic heterocycles. The predicted octanol–water partition coefficient (Wildman–Crippen LogP) is 4.66. The summed E-state index contributed by atoms with van der Waals surface area (Å²) in [7, 11) is 1.94. The monoisotopic (exact) mass is 466 g/mol. The molecule has 34 heavy (non-hydrogen) atoms. The summed E-state index contributed by atoms with van der Waals surface area (Å²) >= 11 is 0. The standard InChI is InChI=1S/C29H42N2O3/c1-27(2,3)24-11-12-25(33-20-22-9-7-6-8-10-22)23(17-24)19-31-15-13-29(14-16-31)18-26(30-5)28(4,32)21-34-29/h6-12,17,26,30,32H,13-16,18-21H2,1-5H3/t26-,28-/m0/s1. The van der Waals surface area contributed by atoms with Crippen LogP contribution in [0.3, 0.4) is 0 Å². The first-order valence-electron chi connectivity index (χ1n) is 12.7. The molecule has 2 fully saturated rings. The van der Waals surface area contributed by atoms with Gasteiger partial charge in [0.1, 0.15) is 18.0 Å². The number of likely N-dealkylation sites (N-methyl/N-ethyl adjacent to an activating group) is 1. The Hall–Kier alpha value is -1.92. The van der Waals surface area contributed by atoms with Gasteiger partial charge in [0.25, 0.3) is 0 Å². The third-order valence-electron chi connectivity index (χ3n) is 7.67.